The zero-order valence-electron chi connectivity index (χ0n) is 50.9. The molecule has 0 aliphatic carbocycles. The number of likely N-dealkylation sites (N-methyl/N-ethyl adjacent to an activating group) is 10. The summed E-state index contributed by atoms with van der Waals surface area (Å²) in [6.45, 7) is 11.0. The second-order valence-corrected chi connectivity index (χ2v) is 24.9. The average Bonchev–Trinajstić information content (AvgIpc) is 3.37. The Bertz CT molecular complexity index is 2250. The summed E-state index contributed by atoms with van der Waals surface area (Å²) in [6, 6.07) is -0.740. The van der Waals surface area contributed by atoms with Gasteiger partial charge < -0.3 is 64.9 Å². The Labute approximate surface area is 486 Å². The highest BCUT2D eigenvalue weighted by molar-refractivity contribution is 8.77. The van der Waals surface area contributed by atoms with E-state index < -0.39 is 123 Å². The van der Waals surface area contributed by atoms with Gasteiger partial charge in [0.2, 0.25) is 76.8 Å². The van der Waals surface area contributed by atoms with E-state index in [9.17, 15) is 67.1 Å². The van der Waals surface area contributed by atoms with E-state index in [1.807, 2.05) is 34.6 Å². The lowest BCUT2D eigenvalue weighted by Gasteiger charge is -2.27. The van der Waals surface area contributed by atoms with Gasteiger partial charge in [-0.15, -0.1) is 0 Å². The fourth-order valence-corrected chi connectivity index (χ4v) is 9.10. The number of Topliss-reactive ketones (excluding diaryl/α,β-unsaturated/α-hetero) is 1. The molecule has 13 amide bonds. The maximum atomic E-state index is 13.0. The van der Waals surface area contributed by atoms with Crippen LogP contribution in [0.15, 0.2) is 0 Å². The molecule has 0 spiro atoms. The van der Waals surface area contributed by atoms with E-state index in [-0.39, 0.29) is 71.9 Å². The van der Waals surface area contributed by atoms with Crippen molar-refractivity contribution in [1.82, 2.24) is 64.9 Å². The Balaban J connectivity index is 4.84. The van der Waals surface area contributed by atoms with Crippen LogP contribution in [-0.2, 0) is 67.1 Å². The molecule has 0 aliphatic rings. The smallest absolute Gasteiger partial charge is 0.242 e. The fraction of sp³-hybridized carbons (Fsp3) is 0.731. The van der Waals surface area contributed by atoms with Crippen molar-refractivity contribution in [3.8, 4) is 0 Å². The van der Waals surface area contributed by atoms with Gasteiger partial charge in [0, 0.05) is 118 Å². The molecule has 0 heterocycles. The number of ketones is 1. The van der Waals surface area contributed by atoms with Crippen molar-refractivity contribution in [3.05, 3.63) is 0 Å². The van der Waals surface area contributed by atoms with Crippen LogP contribution in [0.1, 0.15) is 74.7 Å². The molecule has 29 heteroatoms. The lowest BCUT2D eigenvalue weighted by Crippen LogP contribution is -2.49. The number of hydrogen-bond acceptors (Lipinski definition) is 16. The van der Waals surface area contributed by atoms with E-state index >= 15 is 0 Å². The molecule has 81 heavy (non-hydrogen) atoms. The predicted octanol–water partition coefficient (Wildman–Crippen LogP) is -2.09. The lowest BCUT2D eigenvalue weighted by atomic mass is 10.0. The summed E-state index contributed by atoms with van der Waals surface area (Å²) in [7, 11) is 16.7. The number of rotatable bonds is 35. The van der Waals surface area contributed by atoms with Crippen molar-refractivity contribution in [3.63, 3.8) is 0 Å². The van der Waals surface area contributed by atoms with Crippen molar-refractivity contribution in [2.24, 2.45) is 11.8 Å². The van der Waals surface area contributed by atoms with Gasteiger partial charge in [-0.05, 0) is 27.2 Å². The van der Waals surface area contributed by atoms with E-state index in [1.54, 1.807) is 42.4 Å². The topological polar surface area (TPSA) is 307 Å². The van der Waals surface area contributed by atoms with Gasteiger partial charge in [0.25, 0.3) is 0 Å². The molecule has 0 aromatic carbocycles. The Hall–Kier alpha value is -6.52. The number of nitrogens with one attached hydrogen (secondary N) is 3. The van der Waals surface area contributed by atoms with Crippen molar-refractivity contribution < 1.29 is 67.1 Å². The van der Waals surface area contributed by atoms with Gasteiger partial charge in [-0.2, -0.15) is 0 Å². The molecule has 0 aromatic rings. The molecule has 0 aliphatic heterocycles. The highest BCUT2D eigenvalue weighted by Crippen LogP contribution is 2.41. The van der Waals surface area contributed by atoms with E-state index in [4.69, 9.17) is 0 Å². The summed E-state index contributed by atoms with van der Waals surface area (Å²) in [6.07, 6.45) is 0.765. The molecule has 0 bridgehead atoms. The number of hydrogen-bond donors (Lipinski definition) is 3. The summed E-state index contributed by atoms with van der Waals surface area (Å²) in [4.78, 5) is 189. The zero-order valence-corrected chi connectivity index (χ0v) is 52.6. The monoisotopic (exact) mass is 1190 g/mol. The third kappa shape index (κ3) is 29.7. The van der Waals surface area contributed by atoms with Gasteiger partial charge in [0.05, 0.1) is 71.5 Å². The Morgan fingerprint density at radius 1 is 0.383 bits per heavy atom. The molecular formula is C52H91N13O14S2. The van der Waals surface area contributed by atoms with Crippen LogP contribution >= 0.6 is 21.6 Å². The first-order chi connectivity index (χ1) is 37.3. The van der Waals surface area contributed by atoms with Gasteiger partial charge in [-0.3, -0.25) is 67.1 Å². The van der Waals surface area contributed by atoms with Gasteiger partial charge >= 0.3 is 0 Å². The van der Waals surface area contributed by atoms with Crippen molar-refractivity contribution in [2.75, 3.05) is 149 Å². The summed E-state index contributed by atoms with van der Waals surface area (Å²) >= 11 is 0. The third-order valence-corrected chi connectivity index (χ3v) is 16.4. The Morgan fingerprint density at radius 3 is 0.975 bits per heavy atom. The van der Waals surface area contributed by atoms with Crippen LogP contribution < -0.4 is 16.0 Å². The molecule has 0 rings (SSSR count). The van der Waals surface area contributed by atoms with E-state index in [0.29, 0.717) is 13.0 Å². The molecule has 27 nitrogen and oxygen atoms in total. The van der Waals surface area contributed by atoms with Gasteiger partial charge in [-0.25, -0.2) is 0 Å². The predicted molar refractivity (Wildman–Crippen MR) is 307 cm³/mol. The average molecular weight is 1190 g/mol. The van der Waals surface area contributed by atoms with Crippen molar-refractivity contribution in [2.45, 2.75) is 90.7 Å². The molecule has 460 valence electrons. The first-order valence-corrected chi connectivity index (χ1v) is 28.6. The van der Waals surface area contributed by atoms with Gasteiger partial charge in [0.1, 0.15) is 0 Å². The van der Waals surface area contributed by atoms with E-state index in [0.717, 1.165) is 44.1 Å². The van der Waals surface area contributed by atoms with Gasteiger partial charge in [0.15, 0.2) is 5.78 Å². The molecule has 0 radical (unpaired) electrons. The van der Waals surface area contributed by atoms with E-state index in [2.05, 4.69) is 16.0 Å². The fourth-order valence-electron chi connectivity index (χ4n) is 6.61. The quantitative estimate of drug-likeness (QED) is 0.0573. The molecule has 0 aromatic heterocycles. The van der Waals surface area contributed by atoms with Crippen LogP contribution in [0.2, 0.25) is 0 Å². The summed E-state index contributed by atoms with van der Waals surface area (Å²) in [5.41, 5.74) is 0. The highest BCUT2D eigenvalue weighted by Gasteiger charge is 2.28. The Morgan fingerprint density at radius 2 is 0.679 bits per heavy atom. The molecule has 2 atom stereocenters. The highest BCUT2D eigenvalue weighted by atomic mass is 33.1. The van der Waals surface area contributed by atoms with Crippen LogP contribution in [0.4, 0.5) is 0 Å². The second kappa shape index (κ2) is 36.0. The minimum atomic E-state index is -0.740. The number of nitrogens with zero attached hydrogens (tertiary/aromatic N) is 10. The maximum absolute atomic E-state index is 13.0. The molecule has 1 unspecified atom stereocenters. The second-order valence-electron chi connectivity index (χ2n) is 21.6. The lowest BCUT2D eigenvalue weighted by molar-refractivity contribution is -0.146. The largest absolute Gasteiger partial charge is 0.356 e. The molecule has 3 N–H and O–H groups in total. The van der Waals surface area contributed by atoms with E-state index in [1.165, 1.54) is 75.4 Å². The first-order valence-electron chi connectivity index (χ1n) is 26.4. The van der Waals surface area contributed by atoms with Crippen LogP contribution in [0.3, 0.4) is 0 Å². The molecule has 0 saturated heterocycles. The number of amides is 13. The SMILES string of the molecule is CC(CNC(=O)C(C)C)SSC(C)(C)CCC(=O)NCCC(=O)N(C)CC(=O)N(C)CC(=O)N(C)CC(=O)N(C)CC(=O)N(C)CC(=O)N(C)CC(=O)N(C)CC(=O)N(C)CC(=O)N(C)CC(=O)N(C)CC(=O)N[C@@H](C)C(=O)C(C)C. The number of carbonyl (C=O) groups excluding carboxylic acids is 14. The maximum Gasteiger partial charge on any atom is 0.242 e. The van der Waals surface area contributed by atoms with Crippen LogP contribution in [0, 0.1) is 11.8 Å². The van der Waals surface area contributed by atoms with Crippen molar-refractivity contribution in [1.29, 1.82) is 0 Å². The first kappa shape index (κ1) is 74.5. The summed E-state index contributed by atoms with van der Waals surface area (Å²) in [5, 5.41) is 8.37. The normalized spacial score (nSPS) is 11.8. The van der Waals surface area contributed by atoms with Crippen molar-refractivity contribution >= 4 is 104 Å². The van der Waals surface area contributed by atoms with Crippen LogP contribution in [0.25, 0.3) is 0 Å². The molecule has 0 saturated carbocycles. The van der Waals surface area contributed by atoms with Gasteiger partial charge in [-0.1, -0.05) is 56.2 Å². The van der Waals surface area contributed by atoms with Crippen LogP contribution in [0.5, 0.6) is 0 Å². The third-order valence-electron chi connectivity index (χ3n) is 12.5. The molecule has 0 fully saturated rings. The Kier molecular flexibility index (Phi) is 33.1. The number of carbonyl (C=O) groups is 14. The summed E-state index contributed by atoms with van der Waals surface area (Å²) < 4.78 is -0.227. The standard InChI is InChI=1S/C52H91N13O14S2/c1-34(2)50(78)37(6)55-39(67)24-56(9)41(69)26-58(11)43(71)28-60(13)45(73)30-62(15)47(75)32-64(17)49(77)33-65(18)48(76)31-63(16)46(74)29-61(14)44(72)27-59(12)42(70)25-57(10)40(68)20-22-53-38(66)19-21-52(7,8)81-80-36(5)23-54-51(79)35(3)4/h34-37H,19-33H2,1-18H3,(H,53,66)(H,54,79)(H,55,67)/t36?,37-/m0/s1. The minimum absolute atomic E-state index is 0.00109. The summed E-state index contributed by atoms with van der Waals surface area (Å²) in [5.74, 6) is -7.26. The minimum Gasteiger partial charge on any atom is -0.356 e. The zero-order chi connectivity index (χ0) is 62.8. The van der Waals surface area contributed by atoms with Crippen LogP contribution in [-0.4, -0.2) is 297 Å². The molecular weight excluding hydrogens is 1090 g/mol.